The Bertz CT molecular complexity index is 788. The molecule has 3 rings (SSSR count). The van der Waals surface area contributed by atoms with E-state index in [1.165, 1.54) is 12.5 Å². The highest BCUT2D eigenvalue weighted by atomic mass is 15.3. The average Bonchev–Trinajstić information content (AvgIpc) is 2.66. The van der Waals surface area contributed by atoms with Crippen molar-refractivity contribution in [2.45, 2.75) is 6.54 Å². The van der Waals surface area contributed by atoms with Crippen LogP contribution in [0, 0.1) is 16.7 Å². The van der Waals surface area contributed by atoms with Gasteiger partial charge in [0.2, 0.25) is 0 Å². The zero-order valence-corrected chi connectivity index (χ0v) is 14.2. The number of aromatic nitrogens is 2. The number of anilines is 2. The fourth-order valence-corrected chi connectivity index (χ4v) is 2.89. The standard InChI is InChI=1S/C18H21N7/c1-24-6-8-25(9-7-24)18-16(11-20)17(22-13-23-18)21-12-15-5-3-2-4-14(15)10-19/h2-5,11,13,20H,6-9,12H2,1H3,(H,21,22,23). The number of nitrogens with one attached hydrogen (secondary N) is 2. The quantitative estimate of drug-likeness (QED) is 0.808. The zero-order chi connectivity index (χ0) is 17.6. The van der Waals surface area contributed by atoms with Crippen molar-refractivity contribution < 1.29 is 0 Å². The van der Waals surface area contributed by atoms with Crippen LogP contribution in [0.25, 0.3) is 0 Å². The van der Waals surface area contributed by atoms with Gasteiger partial charge >= 0.3 is 0 Å². The second-order valence-corrected chi connectivity index (χ2v) is 6.02. The molecule has 7 heteroatoms. The van der Waals surface area contributed by atoms with Gasteiger partial charge in [0.1, 0.15) is 18.0 Å². The number of likely N-dealkylation sites (N-methyl/N-ethyl adjacent to an activating group) is 1. The van der Waals surface area contributed by atoms with Gasteiger partial charge in [-0.15, -0.1) is 0 Å². The normalized spacial score (nSPS) is 14.8. The van der Waals surface area contributed by atoms with Crippen LogP contribution in [0.15, 0.2) is 30.6 Å². The lowest BCUT2D eigenvalue weighted by atomic mass is 10.1. The fraction of sp³-hybridized carbons (Fsp3) is 0.333. The van der Waals surface area contributed by atoms with E-state index in [2.05, 4.69) is 38.2 Å². The van der Waals surface area contributed by atoms with E-state index >= 15 is 0 Å². The molecule has 1 aromatic heterocycles. The highest BCUT2D eigenvalue weighted by Crippen LogP contribution is 2.23. The Morgan fingerprint density at radius 1 is 1.24 bits per heavy atom. The van der Waals surface area contributed by atoms with Crippen LogP contribution in [0.4, 0.5) is 11.6 Å². The van der Waals surface area contributed by atoms with Crippen LogP contribution in [0.2, 0.25) is 0 Å². The third-order valence-electron chi connectivity index (χ3n) is 4.39. The third-order valence-corrected chi connectivity index (χ3v) is 4.39. The summed E-state index contributed by atoms with van der Waals surface area (Å²) in [6.45, 7) is 4.18. The Balaban J connectivity index is 1.81. The largest absolute Gasteiger partial charge is 0.365 e. The molecule has 0 saturated carbocycles. The lowest BCUT2D eigenvalue weighted by molar-refractivity contribution is 0.312. The lowest BCUT2D eigenvalue weighted by Crippen LogP contribution is -2.45. The second kappa shape index (κ2) is 7.73. The first-order valence-electron chi connectivity index (χ1n) is 8.23. The number of hydrogen-bond donors (Lipinski definition) is 2. The van der Waals surface area contributed by atoms with E-state index in [1.807, 2.05) is 18.2 Å². The van der Waals surface area contributed by atoms with Gasteiger partial charge in [-0.2, -0.15) is 5.26 Å². The van der Waals surface area contributed by atoms with E-state index < -0.39 is 0 Å². The second-order valence-electron chi connectivity index (χ2n) is 6.02. The number of rotatable bonds is 5. The molecular weight excluding hydrogens is 314 g/mol. The van der Waals surface area contributed by atoms with E-state index in [0.29, 0.717) is 23.5 Å². The molecule has 1 saturated heterocycles. The number of nitrogens with zero attached hydrogens (tertiary/aromatic N) is 5. The predicted molar refractivity (Wildman–Crippen MR) is 98.1 cm³/mol. The summed E-state index contributed by atoms with van der Waals surface area (Å²) in [5.74, 6) is 1.40. The molecule has 7 nitrogen and oxygen atoms in total. The van der Waals surface area contributed by atoms with E-state index in [0.717, 1.165) is 37.6 Å². The molecule has 128 valence electrons. The number of hydrogen-bond acceptors (Lipinski definition) is 7. The van der Waals surface area contributed by atoms with Crippen LogP contribution in [-0.2, 0) is 6.54 Å². The van der Waals surface area contributed by atoms with Crippen LogP contribution in [0.1, 0.15) is 16.7 Å². The summed E-state index contributed by atoms with van der Waals surface area (Å²) in [6.07, 6.45) is 2.82. The molecular formula is C18H21N7. The van der Waals surface area contributed by atoms with Gasteiger partial charge < -0.3 is 20.5 Å². The van der Waals surface area contributed by atoms with Crippen LogP contribution >= 0.6 is 0 Å². The number of benzene rings is 1. The van der Waals surface area contributed by atoms with Gasteiger partial charge in [0, 0.05) is 38.9 Å². The van der Waals surface area contributed by atoms with Gasteiger partial charge in [0.25, 0.3) is 0 Å². The molecule has 1 aromatic carbocycles. The van der Waals surface area contributed by atoms with Crippen molar-refractivity contribution in [3.8, 4) is 6.07 Å². The van der Waals surface area contributed by atoms with Gasteiger partial charge in [0.15, 0.2) is 0 Å². The Labute approximate surface area is 147 Å². The van der Waals surface area contributed by atoms with Gasteiger partial charge in [-0.3, -0.25) is 0 Å². The van der Waals surface area contributed by atoms with E-state index in [4.69, 9.17) is 5.41 Å². The van der Waals surface area contributed by atoms with Crippen molar-refractivity contribution in [1.82, 2.24) is 14.9 Å². The van der Waals surface area contributed by atoms with Crippen molar-refractivity contribution in [2.75, 3.05) is 43.4 Å². The summed E-state index contributed by atoms with van der Waals surface area (Å²) in [4.78, 5) is 13.2. The fourth-order valence-electron chi connectivity index (χ4n) is 2.89. The van der Waals surface area contributed by atoms with Crippen LogP contribution in [0.3, 0.4) is 0 Å². The minimum absolute atomic E-state index is 0.476. The third kappa shape index (κ3) is 3.75. The molecule has 0 unspecified atom stereocenters. The molecule has 2 aromatic rings. The Hall–Kier alpha value is -2.98. The molecule has 2 heterocycles. The molecule has 1 aliphatic rings. The molecule has 2 N–H and O–H groups in total. The molecule has 1 fully saturated rings. The first kappa shape index (κ1) is 16.9. The van der Waals surface area contributed by atoms with Crippen molar-refractivity contribution in [3.63, 3.8) is 0 Å². The topological polar surface area (TPSA) is 91.9 Å². The predicted octanol–water partition coefficient (Wildman–Crippen LogP) is 1.71. The summed E-state index contributed by atoms with van der Waals surface area (Å²) in [5.41, 5.74) is 2.22. The van der Waals surface area contributed by atoms with Crippen molar-refractivity contribution in [3.05, 3.63) is 47.3 Å². The van der Waals surface area contributed by atoms with Crippen molar-refractivity contribution >= 4 is 17.9 Å². The molecule has 0 radical (unpaired) electrons. The summed E-state index contributed by atoms with van der Waals surface area (Å²) < 4.78 is 0. The van der Waals surface area contributed by atoms with Gasteiger partial charge in [-0.05, 0) is 18.7 Å². The smallest absolute Gasteiger partial charge is 0.143 e. The maximum atomic E-state index is 9.20. The molecule has 0 atom stereocenters. The van der Waals surface area contributed by atoms with Crippen LogP contribution in [0.5, 0.6) is 0 Å². The molecule has 0 amide bonds. The average molecular weight is 335 g/mol. The molecule has 1 aliphatic heterocycles. The van der Waals surface area contributed by atoms with Crippen molar-refractivity contribution in [2.24, 2.45) is 0 Å². The van der Waals surface area contributed by atoms with Crippen molar-refractivity contribution in [1.29, 1.82) is 10.7 Å². The maximum absolute atomic E-state index is 9.20. The SMILES string of the molecule is CN1CCN(c2ncnc(NCc3ccccc3C#N)c2C=N)CC1. The first-order valence-corrected chi connectivity index (χ1v) is 8.23. The minimum atomic E-state index is 0.476. The Kier molecular flexibility index (Phi) is 5.21. The lowest BCUT2D eigenvalue weighted by Gasteiger charge is -2.34. The van der Waals surface area contributed by atoms with Gasteiger partial charge in [-0.25, -0.2) is 9.97 Å². The van der Waals surface area contributed by atoms with Crippen LogP contribution < -0.4 is 10.2 Å². The number of nitriles is 1. The zero-order valence-electron chi connectivity index (χ0n) is 14.2. The highest BCUT2D eigenvalue weighted by Gasteiger charge is 2.20. The maximum Gasteiger partial charge on any atom is 0.143 e. The van der Waals surface area contributed by atoms with E-state index in [1.54, 1.807) is 6.07 Å². The summed E-state index contributed by atoms with van der Waals surface area (Å²) >= 11 is 0. The van der Waals surface area contributed by atoms with Gasteiger partial charge in [-0.1, -0.05) is 18.2 Å². The number of piperazine rings is 1. The van der Waals surface area contributed by atoms with Gasteiger partial charge in [0.05, 0.1) is 17.2 Å². The van der Waals surface area contributed by atoms with E-state index in [-0.39, 0.29) is 0 Å². The summed E-state index contributed by atoms with van der Waals surface area (Å²) in [7, 11) is 2.11. The van der Waals surface area contributed by atoms with E-state index in [9.17, 15) is 5.26 Å². The molecule has 25 heavy (non-hydrogen) atoms. The minimum Gasteiger partial charge on any atom is -0.365 e. The Morgan fingerprint density at radius 2 is 2.00 bits per heavy atom. The molecule has 0 aliphatic carbocycles. The Morgan fingerprint density at radius 3 is 2.72 bits per heavy atom. The summed E-state index contributed by atoms with van der Waals surface area (Å²) in [5, 5.41) is 20.3. The summed E-state index contributed by atoms with van der Waals surface area (Å²) in [6, 6.07) is 9.66. The first-order chi connectivity index (χ1) is 12.2. The highest BCUT2D eigenvalue weighted by molar-refractivity contribution is 5.91. The van der Waals surface area contributed by atoms with Crippen LogP contribution in [-0.4, -0.2) is 54.3 Å². The molecule has 0 bridgehead atoms. The molecule has 0 spiro atoms. The monoisotopic (exact) mass is 335 g/mol.